The summed E-state index contributed by atoms with van der Waals surface area (Å²) >= 11 is 1.40. The number of hydrogen-bond donors (Lipinski definition) is 0. The summed E-state index contributed by atoms with van der Waals surface area (Å²) in [5.41, 5.74) is 2.14. The van der Waals surface area contributed by atoms with Crippen molar-refractivity contribution in [3.05, 3.63) is 16.6 Å². The Bertz CT molecular complexity index is 720. The van der Waals surface area contributed by atoms with Crippen LogP contribution in [0.4, 0.5) is 13.2 Å². The Balaban J connectivity index is 1.19. The van der Waals surface area contributed by atoms with E-state index in [4.69, 9.17) is 0 Å². The highest BCUT2D eigenvalue weighted by atomic mass is 32.1. The van der Waals surface area contributed by atoms with E-state index in [0.717, 1.165) is 13.1 Å². The molecule has 0 spiro atoms. The van der Waals surface area contributed by atoms with E-state index in [1.807, 2.05) is 4.90 Å². The number of hydrogen-bond acceptors (Lipinski definition) is 5. The van der Waals surface area contributed by atoms with Gasteiger partial charge in [0.25, 0.3) is 5.91 Å². The highest BCUT2D eigenvalue weighted by molar-refractivity contribution is 7.07. The van der Waals surface area contributed by atoms with Crippen molar-refractivity contribution < 1.29 is 22.8 Å². The molecule has 0 N–H and O–H groups in total. The average molecular weight is 430 g/mol. The van der Waals surface area contributed by atoms with Crippen LogP contribution in [0.2, 0.25) is 0 Å². The molecule has 29 heavy (non-hydrogen) atoms. The van der Waals surface area contributed by atoms with Gasteiger partial charge in [-0.1, -0.05) is 0 Å². The minimum atomic E-state index is -4.14. The number of likely N-dealkylation sites (tertiary alicyclic amines) is 1. The summed E-state index contributed by atoms with van der Waals surface area (Å²) in [5, 5.41) is 1.76. The quantitative estimate of drug-likeness (QED) is 0.740. The second-order valence-electron chi connectivity index (χ2n) is 8.19. The predicted octanol–water partition coefficient (Wildman–Crippen LogP) is 2.48. The molecular formula is C19H25F3N4O2S. The van der Waals surface area contributed by atoms with Crippen LogP contribution in [0.5, 0.6) is 0 Å². The molecule has 1 aliphatic carbocycles. The second-order valence-corrected chi connectivity index (χ2v) is 8.91. The Labute approximate surface area is 171 Å². The third-order valence-corrected chi connectivity index (χ3v) is 7.07. The monoisotopic (exact) mass is 430 g/mol. The lowest BCUT2D eigenvalue weighted by molar-refractivity contribution is -0.186. The summed E-state index contributed by atoms with van der Waals surface area (Å²) in [7, 11) is 0. The summed E-state index contributed by atoms with van der Waals surface area (Å²) in [5.74, 6) is -1.54. The Morgan fingerprint density at radius 2 is 1.66 bits per heavy atom. The van der Waals surface area contributed by atoms with E-state index >= 15 is 0 Å². The molecule has 160 valence electrons. The Kier molecular flexibility index (Phi) is 5.83. The predicted molar refractivity (Wildman–Crippen MR) is 101 cm³/mol. The fourth-order valence-corrected chi connectivity index (χ4v) is 5.09. The number of thiazole rings is 1. The molecule has 0 bridgehead atoms. The van der Waals surface area contributed by atoms with Crippen molar-refractivity contribution in [2.24, 2.45) is 11.8 Å². The molecule has 4 rings (SSSR count). The maximum absolute atomic E-state index is 12.8. The third kappa shape index (κ3) is 4.42. The molecule has 1 aromatic rings. The number of piperazine rings is 1. The number of nitrogens with zero attached hydrogens (tertiary/aromatic N) is 4. The molecule has 2 saturated heterocycles. The van der Waals surface area contributed by atoms with Gasteiger partial charge in [0.15, 0.2) is 0 Å². The molecule has 1 aromatic heterocycles. The largest absolute Gasteiger partial charge is 0.391 e. The molecule has 3 heterocycles. The van der Waals surface area contributed by atoms with Gasteiger partial charge in [-0.05, 0) is 25.7 Å². The van der Waals surface area contributed by atoms with Crippen molar-refractivity contribution in [2.75, 3.05) is 39.3 Å². The van der Waals surface area contributed by atoms with E-state index in [-0.39, 0.29) is 36.6 Å². The van der Waals surface area contributed by atoms with Gasteiger partial charge in [-0.3, -0.25) is 14.5 Å². The number of amides is 2. The number of carbonyl (C=O) groups excluding carboxylic acids is 2. The zero-order valence-corrected chi connectivity index (χ0v) is 16.9. The summed E-state index contributed by atoms with van der Waals surface area (Å²) in [4.78, 5) is 34.9. The summed E-state index contributed by atoms with van der Waals surface area (Å²) in [6.45, 7) is 4.08. The van der Waals surface area contributed by atoms with E-state index in [9.17, 15) is 22.8 Å². The summed E-state index contributed by atoms with van der Waals surface area (Å²) in [6.07, 6.45) is -3.35. The fraction of sp³-hybridized carbons (Fsp3) is 0.737. The molecule has 6 nitrogen and oxygen atoms in total. The molecule has 10 heteroatoms. The first-order chi connectivity index (χ1) is 13.8. The molecule has 2 aliphatic heterocycles. The van der Waals surface area contributed by atoms with E-state index in [1.165, 1.54) is 11.3 Å². The number of halogens is 3. The molecule has 3 aliphatic rings. The summed E-state index contributed by atoms with van der Waals surface area (Å²) in [6, 6.07) is 0.280. The van der Waals surface area contributed by atoms with Crippen LogP contribution in [0.15, 0.2) is 10.9 Å². The normalized spacial score (nSPS) is 27.0. The smallest absolute Gasteiger partial charge is 0.339 e. The minimum Gasteiger partial charge on any atom is -0.339 e. The highest BCUT2D eigenvalue weighted by Gasteiger charge is 2.44. The molecule has 0 radical (unpaired) electrons. The van der Waals surface area contributed by atoms with Crippen molar-refractivity contribution >= 4 is 23.2 Å². The number of carbonyl (C=O) groups is 2. The van der Waals surface area contributed by atoms with E-state index in [1.54, 1.807) is 15.8 Å². The first-order valence-electron chi connectivity index (χ1n) is 10.1. The first kappa shape index (κ1) is 20.6. The average Bonchev–Trinajstić information content (AvgIpc) is 3.21. The molecule has 1 saturated carbocycles. The molecule has 3 fully saturated rings. The van der Waals surface area contributed by atoms with Crippen LogP contribution in [-0.2, 0) is 4.79 Å². The van der Waals surface area contributed by atoms with Crippen LogP contribution in [0.25, 0.3) is 0 Å². The zero-order valence-electron chi connectivity index (χ0n) is 16.1. The van der Waals surface area contributed by atoms with Crippen molar-refractivity contribution in [2.45, 2.75) is 37.9 Å². The lowest BCUT2D eigenvalue weighted by Crippen LogP contribution is -2.65. The topological polar surface area (TPSA) is 56.8 Å². The Morgan fingerprint density at radius 1 is 1.00 bits per heavy atom. The maximum atomic E-state index is 12.8. The van der Waals surface area contributed by atoms with Crippen LogP contribution in [-0.4, -0.2) is 83.0 Å². The zero-order chi connectivity index (χ0) is 20.6. The Morgan fingerprint density at radius 3 is 2.21 bits per heavy atom. The van der Waals surface area contributed by atoms with Gasteiger partial charge in [0.2, 0.25) is 5.91 Å². The molecule has 0 unspecified atom stereocenters. The van der Waals surface area contributed by atoms with Gasteiger partial charge in [0, 0.05) is 56.6 Å². The van der Waals surface area contributed by atoms with Crippen LogP contribution >= 0.6 is 11.3 Å². The lowest BCUT2D eigenvalue weighted by Gasteiger charge is -2.49. The molecule has 0 aromatic carbocycles. The number of alkyl halides is 3. The van der Waals surface area contributed by atoms with Crippen molar-refractivity contribution in [3.8, 4) is 0 Å². The fourth-order valence-electron chi connectivity index (χ4n) is 4.56. The van der Waals surface area contributed by atoms with Gasteiger partial charge in [0.05, 0.1) is 11.4 Å². The first-order valence-corrected chi connectivity index (χ1v) is 11.0. The van der Waals surface area contributed by atoms with Crippen LogP contribution in [0.3, 0.4) is 0 Å². The van der Waals surface area contributed by atoms with Gasteiger partial charge >= 0.3 is 6.18 Å². The lowest BCUT2D eigenvalue weighted by atomic mass is 9.80. The second kappa shape index (κ2) is 8.22. The van der Waals surface area contributed by atoms with Crippen molar-refractivity contribution in [3.63, 3.8) is 0 Å². The summed E-state index contributed by atoms with van der Waals surface area (Å²) < 4.78 is 38.4. The molecular weight excluding hydrogens is 405 g/mol. The van der Waals surface area contributed by atoms with E-state index < -0.39 is 12.1 Å². The van der Waals surface area contributed by atoms with E-state index in [0.29, 0.717) is 44.7 Å². The molecule has 0 atom stereocenters. The van der Waals surface area contributed by atoms with Crippen molar-refractivity contribution in [1.82, 2.24) is 19.7 Å². The standard InChI is InChI=1S/C19H25F3N4O2S/c20-19(21,22)14-3-1-13(2-4-14)17(27)26-9-15(10-26)24-5-7-25(8-6-24)18(28)16-11-29-12-23-16/h11-15H,1-10H2. The highest BCUT2D eigenvalue weighted by Crippen LogP contribution is 2.40. The molecule has 2 amide bonds. The maximum Gasteiger partial charge on any atom is 0.391 e. The van der Waals surface area contributed by atoms with Crippen LogP contribution < -0.4 is 0 Å². The Hall–Kier alpha value is -1.68. The van der Waals surface area contributed by atoms with Crippen LogP contribution in [0, 0.1) is 11.8 Å². The van der Waals surface area contributed by atoms with Gasteiger partial charge in [-0.2, -0.15) is 13.2 Å². The van der Waals surface area contributed by atoms with Gasteiger partial charge < -0.3 is 9.80 Å². The van der Waals surface area contributed by atoms with Crippen molar-refractivity contribution in [1.29, 1.82) is 0 Å². The van der Waals surface area contributed by atoms with Gasteiger partial charge in [-0.25, -0.2) is 4.98 Å². The van der Waals surface area contributed by atoms with E-state index in [2.05, 4.69) is 9.88 Å². The minimum absolute atomic E-state index is 0.0132. The third-order valence-electron chi connectivity index (χ3n) is 6.48. The SMILES string of the molecule is O=C(c1cscn1)N1CCN(C2CN(C(=O)C3CCC(C(F)(F)F)CC3)C2)CC1. The number of aromatic nitrogens is 1. The van der Waals surface area contributed by atoms with Gasteiger partial charge in [0.1, 0.15) is 5.69 Å². The van der Waals surface area contributed by atoms with Crippen LogP contribution in [0.1, 0.15) is 36.2 Å². The number of rotatable bonds is 3. The van der Waals surface area contributed by atoms with Gasteiger partial charge in [-0.15, -0.1) is 11.3 Å².